The smallest absolute Gasteiger partial charge is 0.273 e. The van der Waals surface area contributed by atoms with Crippen molar-refractivity contribution in [2.45, 2.75) is 25.9 Å². The lowest BCUT2D eigenvalue weighted by Gasteiger charge is -2.36. The number of morpholine rings is 1. The Morgan fingerprint density at radius 3 is 2.85 bits per heavy atom. The van der Waals surface area contributed by atoms with Crippen LogP contribution in [-0.2, 0) is 17.7 Å². The topological polar surface area (TPSA) is 125 Å². The Kier molecular flexibility index (Phi) is 5.84. The lowest BCUT2D eigenvalue weighted by atomic mass is 10.0. The van der Waals surface area contributed by atoms with Crippen LogP contribution in [-0.4, -0.2) is 52.3 Å². The van der Waals surface area contributed by atoms with E-state index in [1.807, 2.05) is 24.3 Å². The number of nitrogens with one attached hydrogen (secondary N) is 3. The Labute approximate surface area is 190 Å². The van der Waals surface area contributed by atoms with Crippen molar-refractivity contribution in [2.75, 3.05) is 36.5 Å². The number of H-pyrrole nitrogens is 1. The lowest BCUT2D eigenvalue weighted by Crippen LogP contribution is -2.45. The van der Waals surface area contributed by atoms with E-state index in [2.05, 4.69) is 32.4 Å². The van der Waals surface area contributed by atoms with E-state index in [1.54, 1.807) is 0 Å². The van der Waals surface area contributed by atoms with E-state index in [-0.39, 0.29) is 11.9 Å². The summed E-state index contributed by atoms with van der Waals surface area (Å²) in [6.07, 6.45) is 1.87. The number of rotatable bonds is 4. The van der Waals surface area contributed by atoms with Crippen LogP contribution in [0.15, 0.2) is 46.1 Å². The first-order valence-corrected chi connectivity index (χ1v) is 11.0. The SMILES string of the molecule is C[C@H]1COCCN1c1nc(-c2ccc(Nc3cc(=O)ncc(=O)[nH]3)cc2)nc2c1CCNC2. The molecule has 3 aromatic rings. The van der Waals surface area contributed by atoms with Crippen LogP contribution >= 0.6 is 0 Å². The molecule has 0 unspecified atom stereocenters. The standard InChI is InChI=1S/C23H25N7O3/c1-14-13-33-9-8-30(14)23-17-6-7-24-11-18(17)27-22(29-23)15-2-4-16(5-3-15)26-19-10-20(31)25-12-21(32)28-19/h2-5,10,12,14,24,26H,6-9,11,13H2,1H3,(H,28,32)/t14-/m0/s1. The minimum atomic E-state index is -0.506. The number of hydrogen-bond donors (Lipinski definition) is 3. The zero-order valence-corrected chi connectivity index (χ0v) is 18.3. The molecule has 2 aliphatic heterocycles. The molecule has 10 heteroatoms. The molecular formula is C23H25N7O3. The molecule has 0 bridgehead atoms. The maximum atomic E-state index is 11.6. The fraction of sp³-hybridized carbons (Fsp3) is 0.348. The molecule has 0 spiro atoms. The molecule has 4 heterocycles. The molecule has 10 nitrogen and oxygen atoms in total. The van der Waals surface area contributed by atoms with Crippen molar-refractivity contribution in [3.63, 3.8) is 0 Å². The average molecular weight is 447 g/mol. The molecule has 2 aromatic heterocycles. The summed E-state index contributed by atoms with van der Waals surface area (Å²) in [4.78, 5) is 41.5. The number of ether oxygens (including phenoxy) is 1. The van der Waals surface area contributed by atoms with Crippen LogP contribution in [0.2, 0.25) is 0 Å². The number of hydrogen-bond acceptors (Lipinski definition) is 9. The molecule has 3 N–H and O–H groups in total. The number of aromatic amines is 1. The minimum Gasteiger partial charge on any atom is -0.377 e. The zero-order chi connectivity index (χ0) is 22.8. The van der Waals surface area contributed by atoms with E-state index < -0.39 is 11.1 Å². The highest BCUT2D eigenvalue weighted by Gasteiger charge is 2.27. The minimum absolute atomic E-state index is 0.252. The first kappa shape index (κ1) is 21.2. The van der Waals surface area contributed by atoms with Crippen molar-refractivity contribution in [2.24, 2.45) is 0 Å². The van der Waals surface area contributed by atoms with Crippen LogP contribution in [0.5, 0.6) is 0 Å². The maximum absolute atomic E-state index is 11.6. The van der Waals surface area contributed by atoms with Crippen molar-refractivity contribution in [1.82, 2.24) is 25.3 Å². The van der Waals surface area contributed by atoms with E-state index in [0.717, 1.165) is 49.3 Å². The highest BCUT2D eigenvalue weighted by atomic mass is 16.5. The highest BCUT2D eigenvalue weighted by molar-refractivity contribution is 5.65. The predicted molar refractivity (Wildman–Crippen MR) is 125 cm³/mol. The molecule has 1 aromatic carbocycles. The first-order chi connectivity index (χ1) is 16.1. The zero-order valence-electron chi connectivity index (χ0n) is 18.3. The summed E-state index contributed by atoms with van der Waals surface area (Å²) in [6.45, 7) is 5.99. The van der Waals surface area contributed by atoms with Crippen LogP contribution in [0.25, 0.3) is 11.4 Å². The maximum Gasteiger partial charge on any atom is 0.273 e. The first-order valence-electron chi connectivity index (χ1n) is 11.0. The van der Waals surface area contributed by atoms with Gasteiger partial charge in [0.2, 0.25) is 0 Å². The molecule has 0 amide bonds. The van der Waals surface area contributed by atoms with Gasteiger partial charge in [0.05, 0.1) is 31.1 Å². The van der Waals surface area contributed by atoms with Gasteiger partial charge >= 0.3 is 0 Å². The van der Waals surface area contributed by atoms with Crippen LogP contribution in [0, 0.1) is 0 Å². The fourth-order valence-corrected chi connectivity index (χ4v) is 4.16. The fourth-order valence-electron chi connectivity index (χ4n) is 4.16. The van der Waals surface area contributed by atoms with Crippen LogP contribution in [0.1, 0.15) is 18.2 Å². The van der Waals surface area contributed by atoms with Gasteiger partial charge in [-0.25, -0.2) is 15.0 Å². The second kappa shape index (κ2) is 9.08. The van der Waals surface area contributed by atoms with E-state index in [1.165, 1.54) is 11.6 Å². The van der Waals surface area contributed by atoms with Gasteiger partial charge in [0.1, 0.15) is 11.6 Å². The summed E-state index contributed by atoms with van der Waals surface area (Å²) in [5, 5.41) is 6.44. The van der Waals surface area contributed by atoms with Crippen molar-refractivity contribution < 1.29 is 4.74 Å². The summed E-state index contributed by atoms with van der Waals surface area (Å²) in [5.74, 6) is 1.94. The molecule has 1 fully saturated rings. The summed E-state index contributed by atoms with van der Waals surface area (Å²) < 4.78 is 5.63. The number of fused-ring (bicyclic) bond motifs is 1. The van der Waals surface area contributed by atoms with Gasteiger partial charge in [-0.05, 0) is 44.2 Å². The Hall–Kier alpha value is -3.63. The molecule has 5 rings (SSSR count). The Morgan fingerprint density at radius 2 is 2.03 bits per heavy atom. The summed E-state index contributed by atoms with van der Waals surface area (Å²) in [6, 6.07) is 9.05. The Morgan fingerprint density at radius 1 is 1.18 bits per heavy atom. The normalized spacial score (nSPS) is 18.0. The average Bonchev–Trinajstić information content (AvgIpc) is 2.99. The summed E-state index contributed by atoms with van der Waals surface area (Å²) in [5.41, 5.74) is 2.88. The van der Waals surface area contributed by atoms with Gasteiger partial charge in [-0.2, -0.15) is 0 Å². The van der Waals surface area contributed by atoms with Gasteiger partial charge in [-0.15, -0.1) is 0 Å². The molecule has 170 valence electrons. The third-order valence-electron chi connectivity index (χ3n) is 5.81. The molecule has 1 saturated heterocycles. The van der Waals surface area contributed by atoms with Gasteiger partial charge in [-0.1, -0.05) is 0 Å². The van der Waals surface area contributed by atoms with E-state index in [0.29, 0.717) is 24.7 Å². The summed E-state index contributed by atoms with van der Waals surface area (Å²) in [7, 11) is 0. The van der Waals surface area contributed by atoms with Gasteiger partial charge in [0, 0.05) is 36.0 Å². The van der Waals surface area contributed by atoms with Gasteiger partial charge in [0.15, 0.2) is 5.82 Å². The number of anilines is 3. The number of aromatic nitrogens is 4. The second-order valence-electron chi connectivity index (χ2n) is 8.19. The summed E-state index contributed by atoms with van der Waals surface area (Å²) >= 11 is 0. The van der Waals surface area contributed by atoms with E-state index >= 15 is 0 Å². The molecular weight excluding hydrogens is 422 g/mol. The van der Waals surface area contributed by atoms with Crippen molar-refractivity contribution in [3.8, 4) is 11.4 Å². The molecule has 0 radical (unpaired) electrons. The monoisotopic (exact) mass is 447 g/mol. The molecule has 33 heavy (non-hydrogen) atoms. The molecule has 0 saturated carbocycles. The van der Waals surface area contributed by atoms with Crippen LogP contribution in [0.3, 0.4) is 0 Å². The quantitative estimate of drug-likeness (QED) is 0.541. The van der Waals surface area contributed by atoms with Gasteiger partial charge < -0.3 is 25.3 Å². The third-order valence-corrected chi connectivity index (χ3v) is 5.81. The van der Waals surface area contributed by atoms with Gasteiger partial charge in [0.25, 0.3) is 11.1 Å². The Bertz CT molecular complexity index is 1240. The number of benzene rings is 1. The number of nitrogens with zero attached hydrogens (tertiary/aromatic N) is 4. The lowest BCUT2D eigenvalue weighted by molar-refractivity contribution is 0.0984. The molecule has 2 aliphatic rings. The van der Waals surface area contributed by atoms with Crippen LogP contribution < -0.4 is 26.7 Å². The van der Waals surface area contributed by atoms with Gasteiger partial charge in [-0.3, -0.25) is 9.59 Å². The van der Waals surface area contributed by atoms with Crippen molar-refractivity contribution in [3.05, 3.63) is 68.5 Å². The molecule has 0 aliphatic carbocycles. The largest absolute Gasteiger partial charge is 0.377 e. The van der Waals surface area contributed by atoms with Crippen molar-refractivity contribution >= 4 is 17.3 Å². The highest BCUT2D eigenvalue weighted by Crippen LogP contribution is 2.30. The second-order valence-corrected chi connectivity index (χ2v) is 8.19. The van der Waals surface area contributed by atoms with Crippen molar-refractivity contribution in [1.29, 1.82) is 0 Å². The molecule has 1 atom stereocenters. The van der Waals surface area contributed by atoms with Crippen LogP contribution in [0.4, 0.5) is 17.3 Å². The third kappa shape index (κ3) is 4.62. The van der Waals surface area contributed by atoms with E-state index in [9.17, 15) is 9.59 Å². The Balaban J connectivity index is 1.47. The predicted octanol–water partition coefficient (Wildman–Crippen LogP) is 1.20. The van der Waals surface area contributed by atoms with E-state index in [4.69, 9.17) is 14.7 Å².